The third-order valence-corrected chi connectivity index (χ3v) is 4.07. The molecule has 1 amide bonds. The van der Waals surface area contributed by atoms with E-state index >= 15 is 0 Å². The monoisotopic (exact) mass is 249 g/mol. The molecule has 0 spiro atoms. The maximum Gasteiger partial charge on any atom is 0.238 e. The molecule has 0 rings (SSSR count). The molecule has 0 aromatic carbocycles. The van der Waals surface area contributed by atoms with Crippen molar-refractivity contribution in [3.63, 3.8) is 0 Å². The largest absolute Gasteiger partial charge is 0.385 e. The summed E-state index contributed by atoms with van der Waals surface area (Å²) >= 11 is 0. The molecule has 1 unspecified atom stereocenters. The van der Waals surface area contributed by atoms with E-state index in [1.165, 1.54) is 13.0 Å². The van der Waals surface area contributed by atoms with Crippen LogP contribution in [0.5, 0.6) is 0 Å². The van der Waals surface area contributed by atoms with Gasteiger partial charge >= 0.3 is 0 Å². The molecule has 0 saturated heterocycles. The zero-order chi connectivity index (χ0) is 12.6. The number of carbonyl (C=O) groups is 1. The van der Waals surface area contributed by atoms with Crippen molar-refractivity contribution in [2.45, 2.75) is 18.6 Å². The van der Waals surface area contributed by atoms with E-state index in [-0.39, 0.29) is 5.75 Å². The summed E-state index contributed by atoms with van der Waals surface area (Å²) in [4.78, 5) is 11.5. The van der Waals surface area contributed by atoms with Crippen LogP contribution in [0.15, 0.2) is 12.7 Å². The SMILES string of the molecule is C=CCS(=O)(=O)C(C)C(=O)NCCCOC. The molecule has 94 valence electrons. The zero-order valence-electron chi connectivity index (χ0n) is 9.73. The summed E-state index contributed by atoms with van der Waals surface area (Å²) in [5.41, 5.74) is 0. The quantitative estimate of drug-likeness (QED) is 0.490. The third-order valence-electron chi connectivity index (χ3n) is 2.08. The number of hydrogen-bond acceptors (Lipinski definition) is 4. The predicted molar refractivity (Wildman–Crippen MR) is 62.9 cm³/mol. The summed E-state index contributed by atoms with van der Waals surface area (Å²) in [6, 6.07) is 0. The minimum Gasteiger partial charge on any atom is -0.385 e. The number of carbonyl (C=O) groups excluding carboxylic acids is 1. The highest BCUT2D eigenvalue weighted by molar-refractivity contribution is 7.92. The van der Waals surface area contributed by atoms with Gasteiger partial charge in [0.25, 0.3) is 0 Å². The molecule has 16 heavy (non-hydrogen) atoms. The summed E-state index contributed by atoms with van der Waals surface area (Å²) in [5, 5.41) is 1.52. The number of sulfone groups is 1. The number of rotatable bonds is 8. The number of hydrogen-bond donors (Lipinski definition) is 1. The fourth-order valence-electron chi connectivity index (χ4n) is 1.04. The summed E-state index contributed by atoms with van der Waals surface area (Å²) in [5.74, 6) is -0.655. The van der Waals surface area contributed by atoms with E-state index in [2.05, 4.69) is 11.9 Å². The van der Waals surface area contributed by atoms with Gasteiger partial charge in [0, 0.05) is 20.3 Å². The van der Waals surface area contributed by atoms with Crippen LogP contribution in [0.25, 0.3) is 0 Å². The molecule has 6 heteroatoms. The minimum atomic E-state index is -3.41. The number of methoxy groups -OCH3 is 1. The Bertz CT molecular complexity index is 324. The molecule has 0 aromatic heterocycles. The zero-order valence-corrected chi connectivity index (χ0v) is 10.5. The molecule has 1 N–H and O–H groups in total. The van der Waals surface area contributed by atoms with Crippen molar-refractivity contribution in [1.82, 2.24) is 5.32 Å². The molecule has 0 saturated carbocycles. The highest BCUT2D eigenvalue weighted by Gasteiger charge is 2.26. The van der Waals surface area contributed by atoms with Gasteiger partial charge in [-0.1, -0.05) is 6.08 Å². The molecular weight excluding hydrogens is 230 g/mol. The summed E-state index contributed by atoms with van der Waals surface area (Å²) in [6.45, 7) is 5.68. The van der Waals surface area contributed by atoms with Gasteiger partial charge in [-0.05, 0) is 13.3 Å². The van der Waals surface area contributed by atoms with Gasteiger partial charge < -0.3 is 10.1 Å². The van der Waals surface area contributed by atoms with E-state index in [0.29, 0.717) is 19.6 Å². The van der Waals surface area contributed by atoms with Crippen LogP contribution in [-0.4, -0.2) is 45.6 Å². The van der Waals surface area contributed by atoms with Crippen molar-refractivity contribution >= 4 is 15.7 Å². The van der Waals surface area contributed by atoms with Gasteiger partial charge in [-0.25, -0.2) is 8.42 Å². The molecule has 0 aliphatic rings. The van der Waals surface area contributed by atoms with E-state index in [9.17, 15) is 13.2 Å². The fraction of sp³-hybridized carbons (Fsp3) is 0.700. The van der Waals surface area contributed by atoms with Crippen LogP contribution < -0.4 is 5.32 Å². The van der Waals surface area contributed by atoms with Gasteiger partial charge in [-0.3, -0.25) is 4.79 Å². The lowest BCUT2D eigenvalue weighted by Crippen LogP contribution is -2.39. The van der Waals surface area contributed by atoms with E-state index < -0.39 is 21.0 Å². The summed E-state index contributed by atoms with van der Waals surface area (Å²) < 4.78 is 27.8. The molecule has 0 fully saturated rings. The first-order valence-corrected chi connectivity index (χ1v) is 6.76. The van der Waals surface area contributed by atoms with Gasteiger partial charge in [-0.2, -0.15) is 0 Å². The minimum absolute atomic E-state index is 0.181. The lowest BCUT2D eigenvalue weighted by atomic mass is 10.4. The molecule has 0 aromatic rings. The lowest BCUT2D eigenvalue weighted by Gasteiger charge is -2.11. The topological polar surface area (TPSA) is 72.5 Å². The van der Waals surface area contributed by atoms with Crippen molar-refractivity contribution in [2.75, 3.05) is 26.0 Å². The normalized spacial score (nSPS) is 13.1. The van der Waals surface area contributed by atoms with Crippen LogP contribution in [0.3, 0.4) is 0 Å². The number of nitrogens with one attached hydrogen (secondary N) is 1. The number of ether oxygens (including phenoxy) is 1. The smallest absolute Gasteiger partial charge is 0.238 e. The van der Waals surface area contributed by atoms with Crippen LogP contribution in [0.4, 0.5) is 0 Å². The lowest BCUT2D eigenvalue weighted by molar-refractivity contribution is -0.120. The van der Waals surface area contributed by atoms with Crippen LogP contribution in [0, 0.1) is 0 Å². The third kappa shape index (κ3) is 5.27. The first-order valence-electron chi connectivity index (χ1n) is 5.04. The summed E-state index contributed by atoms with van der Waals surface area (Å²) in [6.07, 6.45) is 1.94. The van der Waals surface area contributed by atoms with Crippen molar-refractivity contribution in [3.8, 4) is 0 Å². The Kier molecular flexibility index (Phi) is 7.00. The Balaban J connectivity index is 4.13. The highest BCUT2D eigenvalue weighted by Crippen LogP contribution is 2.02. The van der Waals surface area contributed by atoms with Gasteiger partial charge in [0.05, 0.1) is 5.75 Å². The van der Waals surface area contributed by atoms with E-state index in [1.54, 1.807) is 7.11 Å². The van der Waals surface area contributed by atoms with Crippen LogP contribution in [0.2, 0.25) is 0 Å². The van der Waals surface area contributed by atoms with E-state index in [4.69, 9.17) is 4.74 Å². The second kappa shape index (κ2) is 7.40. The Labute approximate surface area is 96.8 Å². The maximum absolute atomic E-state index is 11.5. The molecule has 0 radical (unpaired) electrons. The van der Waals surface area contributed by atoms with Crippen LogP contribution >= 0.6 is 0 Å². The fourth-order valence-corrected chi connectivity index (χ4v) is 2.07. The van der Waals surface area contributed by atoms with E-state index in [0.717, 1.165) is 0 Å². The second-order valence-electron chi connectivity index (χ2n) is 3.40. The summed E-state index contributed by atoms with van der Waals surface area (Å²) in [7, 11) is -1.85. The van der Waals surface area contributed by atoms with Crippen LogP contribution in [-0.2, 0) is 19.4 Å². The average molecular weight is 249 g/mol. The maximum atomic E-state index is 11.5. The van der Waals surface area contributed by atoms with Crippen molar-refractivity contribution in [3.05, 3.63) is 12.7 Å². The molecule has 5 nitrogen and oxygen atoms in total. The van der Waals surface area contributed by atoms with Gasteiger partial charge in [-0.15, -0.1) is 6.58 Å². The first-order chi connectivity index (χ1) is 7.45. The number of amides is 1. The highest BCUT2D eigenvalue weighted by atomic mass is 32.2. The van der Waals surface area contributed by atoms with Crippen molar-refractivity contribution < 1.29 is 17.9 Å². The van der Waals surface area contributed by atoms with Gasteiger partial charge in [0.2, 0.25) is 5.91 Å². The van der Waals surface area contributed by atoms with Gasteiger partial charge in [0.1, 0.15) is 5.25 Å². The standard InChI is InChI=1S/C10H19NO4S/c1-4-8-16(13,14)9(2)10(12)11-6-5-7-15-3/h4,9H,1,5-8H2,2-3H3,(H,11,12). The Morgan fingerprint density at radius 1 is 1.56 bits per heavy atom. The molecule has 0 heterocycles. The second-order valence-corrected chi connectivity index (χ2v) is 5.76. The predicted octanol–water partition coefficient (Wildman–Crippen LogP) is 0.128. The van der Waals surface area contributed by atoms with Crippen molar-refractivity contribution in [2.24, 2.45) is 0 Å². The van der Waals surface area contributed by atoms with Gasteiger partial charge in [0.15, 0.2) is 9.84 Å². The Hall–Kier alpha value is -0.880. The van der Waals surface area contributed by atoms with E-state index in [1.807, 2.05) is 0 Å². The molecule has 0 bridgehead atoms. The average Bonchev–Trinajstić information content (AvgIpc) is 2.23. The first kappa shape index (κ1) is 15.1. The molecule has 0 aliphatic heterocycles. The van der Waals surface area contributed by atoms with Crippen LogP contribution in [0.1, 0.15) is 13.3 Å². The Morgan fingerprint density at radius 3 is 2.69 bits per heavy atom. The molecule has 0 aliphatic carbocycles. The molecular formula is C10H19NO4S. The Morgan fingerprint density at radius 2 is 2.19 bits per heavy atom. The van der Waals surface area contributed by atoms with Crippen molar-refractivity contribution in [1.29, 1.82) is 0 Å². The molecule has 1 atom stereocenters.